The molecular formula is C27H30N2O4S. The van der Waals surface area contributed by atoms with Crippen LogP contribution in [0.25, 0.3) is 0 Å². The van der Waals surface area contributed by atoms with E-state index >= 15 is 0 Å². The number of furan rings is 1. The number of nitrogens with zero attached hydrogens (tertiary/aromatic N) is 1. The molecule has 6 nitrogen and oxygen atoms in total. The third-order valence-electron chi connectivity index (χ3n) is 7.03. The normalized spacial score (nSPS) is 18.2. The largest absolute Gasteiger partial charge is 0.467 e. The number of carbonyl (C=O) groups is 1. The first-order valence-corrected chi connectivity index (χ1v) is 13.5. The van der Waals surface area contributed by atoms with Crippen molar-refractivity contribution in [2.45, 2.75) is 49.5 Å². The zero-order valence-corrected chi connectivity index (χ0v) is 20.0. The van der Waals surface area contributed by atoms with Gasteiger partial charge < -0.3 is 9.73 Å². The summed E-state index contributed by atoms with van der Waals surface area (Å²) in [7, 11) is -3.56. The van der Waals surface area contributed by atoms with Crippen LogP contribution in [0.3, 0.4) is 0 Å². The predicted molar refractivity (Wildman–Crippen MR) is 130 cm³/mol. The summed E-state index contributed by atoms with van der Waals surface area (Å²) in [5.74, 6) is 0.360. The number of hydrogen-bond acceptors (Lipinski definition) is 4. The molecule has 1 aliphatic heterocycles. The summed E-state index contributed by atoms with van der Waals surface area (Å²) in [4.78, 5) is 13.5. The van der Waals surface area contributed by atoms with Crippen LogP contribution in [0, 0.1) is 5.92 Å². The minimum Gasteiger partial charge on any atom is -0.467 e. The number of fused-ring (bicyclic) bond motifs is 1. The summed E-state index contributed by atoms with van der Waals surface area (Å²) >= 11 is 0. The smallest absolute Gasteiger partial charge is 0.243 e. The Morgan fingerprint density at radius 1 is 0.941 bits per heavy atom. The Labute approximate surface area is 201 Å². The summed E-state index contributed by atoms with van der Waals surface area (Å²) in [6, 6.07) is 18.6. The molecule has 178 valence electrons. The molecule has 34 heavy (non-hydrogen) atoms. The number of nitrogens with one attached hydrogen (secondary N) is 1. The lowest BCUT2D eigenvalue weighted by Crippen LogP contribution is -2.43. The van der Waals surface area contributed by atoms with E-state index in [-0.39, 0.29) is 17.9 Å². The van der Waals surface area contributed by atoms with Crippen LogP contribution < -0.4 is 5.32 Å². The highest BCUT2D eigenvalue weighted by atomic mass is 32.2. The highest BCUT2D eigenvalue weighted by molar-refractivity contribution is 7.89. The number of hydrogen-bond donors (Lipinski definition) is 1. The van der Waals surface area contributed by atoms with Crippen LogP contribution in [-0.2, 0) is 27.7 Å². The zero-order valence-electron chi connectivity index (χ0n) is 19.2. The van der Waals surface area contributed by atoms with Crippen molar-refractivity contribution < 1.29 is 17.6 Å². The molecule has 7 heteroatoms. The molecule has 1 unspecified atom stereocenters. The summed E-state index contributed by atoms with van der Waals surface area (Å²) in [6.07, 6.45) is 6.84. The SMILES string of the molecule is O=C(NC(c1ccccc1)c1ccco1)C1CCN(S(=O)(=O)c2ccc3c(c2)CCCC3)CC1. The van der Waals surface area contributed by atoms with E-state index in [1.54, 1.807) is 12.3 Å². The van der Waals surface area contributed by atoms with Gasteiger partial charge in [0.15, 0.2) is 0 Å². The minimum atomic E-state index is -3.56. The fraction of sp³-hybridized carbons (Fsp3) is 0.370. The fourth-order valence-corrected chi connectivity index (χ4v) is 6.58. The number of sulfonamides is 1. The lowest BCUT2D eigenvalue weighted by molar-refractivity contribution is -0.126. The van der Waals surface area contributed by atoms with Gasteiger partial charge in [0.1, 0.15) is 11.8 Å². The monoisotopic (exact) mass is 478 g/mol. The van der Waals surface area contributed by atoms with Crippen molar-refractivity contribution in [1.29, 1.82) is 0 Å². The van der Waals surface area contributed by atoms with E-state index in [1.807, 2.05) is 54.6 Å². The van der Waals surface area contributed by atoms with Gasteiger partial charge in [0.2, 0.25) is 15.9 Å². The molecule has 1 aliphatic carbocycles. The van der Waals surface area contributed by atoms with Crippen molar-refractivity contribution in [2.24, 2.45) is 5.92 Å². The summed E-state index contributed by atoms with van der Waals surface area (Å²) in [5, 5.41) is 3.12. The van der Waals surface area contributed by atoms with Gasteiger partial charge in [-0.05, 0) is 79.5 Å². The van der Waals surface area contributed by atoms with Gasteiger partial charge >= 0.3 is 0 Å². The third-order valence-corrected chi connectivity index (χ3v) is 8.92. The Balaban J connectivity index is 1.25. The topological polar surface area (TPSA) is 79.6 Å². The van der Waals surface area contributed by atoms with E-state index in [2.05, 4.69) is 5.32 Å². The van der Waals surface area contributed by atoms with E-state index in [0.29, 0.717) is 36.6 Å². The lowest BCUT2D eigenvalue weighted by atomic mass is 9.92. The maximum Gasteiger partial charge on any atom is 0.243 e. The molecule has 2 heterocycles. The van der Waals surface area contributed by atoms with Crippen LogP contribution >= 0.6 is 0 Å². The van der Waals surface area contributed by atoms with Gasteiger partial charge in [-0.3, -0.25) is 4.79 Å². The number of rotatable bonds is 6. The van der Waals surface area contributed by atoms with E-state index in [0.717, 1.165) is 30.4 Å². The van der Waals surface area contributed by atoms with Gasteiger partial charge in [0.05, 0.1) is 11.2 Å². The molecule has 5 rings (SSSR count). The molecule has 1 fully saturated rings. The summed E-state index contributed by atoms with van der Waals surface area (Å²) < 4.78 is 33.7. The molecule has 1 aromatic heterocycles. The van der Waals surface area contributed by atoms with Gasteiger partial charge in [-0.2, -0.15) is 4.31 Å². The van der Waals surface area contributed by atoms with Crippen molar-refractivity contribution in [3.8, 4) is 0 Å². The zero-order chi connectivity index (χ0) is 23.5. The van der Waals surface area contributed by atoms with Gasteiger partial charge in [0.25, 0.3) is 0 Å². The Morgan fingerprint density at radius 3 is 2.38 bits per heavy atom. The van der Waals surface area contributed by atoms with Crippen molar-refractivity contribution in [1.82, 2.24) is 9.62 Å². The minimum absolute atomic E-state index is 0.0731. The first-order chi connectivity index (χ1) is 16.5. The van der Waals surface area contributed by atoms with Crippen LogP contribution in [0.15, 0.2) is 76.2 Å². The molecule has 2 aromatic carbocycles. The van der Waals surface area contributed by atoms with Crippen LogP contribution in [0.2, 0.25) is 0 Å². The number of aryl methyl sites for hydroxylation is 2. The molecule has 1 saturated heterocycles. The number of piperidine rings is 1. The van der Waals surface area contributed by atoms with Gasteiger partial charge in [-0.15, -0.1) is 0 Å². The number of carbonyl (C=O) groups excluding carboxylic acids is 1. The molecular weight excluding hydrogens is 448 g/mol. The molecule has 2 aliphatic rings. The van der Waals surface area contributed by atoms with E-state index in [1.165, 1.54) is 16.3 Å². The first-order valence-electron chi connectivity index (χ1n) is 12.0. The summed E-state index contributed by atoms with van der Waals surface area (Å²) in [5.41, 5.74) is 3.37. The van der Waals surface area contributed by atoms with E-state index in [9.17, 15) is 13.2 Å². The summed E-state index contributed by atoms with van der Waals surface area (Å²) in [6.45, 7) is 0.683. The lowest BCUT2D eigenvalue weighted by Gasteiger charge is -2.31. The van der Waals surface area contributed by atoms with Crippen molar-refractivity contribution in [3.63, 3.8) is 0 Å². The van der Waals surface area contributed by atoms with Crippen LogP contribution in [0.5, 0.6) is 0 Å². The van der Waals surface area contributed by atoms with Crippen molar-refractivity contribution in [3.05, 3.63) is 89.4 Å². The maximum atomic E-state index is 13.3. The van der Waals surface area contributed by atoms with E-state index in [4.69, 9.17) is 4.42 Å². The van der Waals surface area contributed by atoms with Crippen LogP contribution in [0.1, 0.15) is 54.2 Å². The fourth-order valence-electron chi connectivity index (χ4n) is 5.06. The second-order valence-electron chi connectivity index (χ2n) is 9.18. The quantitative estimate of drug-likeness (QED) is 0.567. The highest BCUT2D eigenvalue weighted by Crippen LogP contribution is 2.29. The van der Waals surface area contributed by atoms with E-state index < -0.39 is 10.0 Å². The van der Waals surface area contributed by atoms with Crippen molar-refractivity contribution in [2.75, 3.05) is 13.1 Å². The van der Waals surface area contributed by atoms with Gasteiger partial charge in [-0.1, -0.05) is 36.4 Å². The molecule has 1 N–H and O–H groups in total. The van der Waals surface area contributed by atoms with Crippen molar-refractivity contribution >= 4 is 15.9 Å². The standard InChI is InChI=1S/C27H30N2O4S/c30-27(28-26(25-11-6-18-33-25)21-8-2-1-3-9-21)22-14-16-29(17-15-22)34(31,32)24-13-12-20-7-4-5-10-23(20)19-24/h1-3,6,8-9,11-13,18-19,22,26H,4-5,7,10,14-17H2,(H,28,30). The van der Waals surface area contributed by atoms with Gasteiger partial charge in [0, 0.05) is 19.0 Å². The second-order valence-corrected chi connectivity index (χ2v) is 11.1. The number of benzene rings is 2. The second kappa shape index (κ2) is 9.76. The molecule has 1 amide bonds. The molecule has 0 bridgehead atoms. The van der Waals surface area contributed by atoms with Gasteiger partial charge in [-0.25, -0.2) is 8.42 Å². The molecule has 0 radical (unpaired) electrons. The average Bonchev–Trinajstić information content (AvgIpc) is 3.42. The molecule has 1 atom stereocenters. The molecule has 0 spiro atoms. The Hall–Kier alpha value is -2.90. The molecule has 3 aromatic rings. The Morgan fingerprint density at radius 2 is 1.68 bits per heavy atom. The van der Waals surface area contributed by atoms with Crippen LogP contribution in [0.4, 0.5) is 0 Å². The third kappa shape index (κ3) is 4.68. The Kier molecular flexibility index (Phi) is 6.57. The Bertz CT molecular complexity index is 1230. The maximum absolute atomic E-state index is 13.3. The average molecular weight is 479 g/mol. The predicted octanol–water partition coefficient (Wildman–Crippen LogP) is 4.46. The van der Waals surface area contributed by atoms with Crippen LogP contribution in [-0.4, -0.2) is 31.7 Å². The molecule has 0 saturated carbocycles. The highest BCUT2D eigenvalue weighted by Gasteiger charge is 2.33. The number of amides is 1. The first kappa shape index (κ1) is 22.9.